The van der Waals surface area contributed by atoms with Gasteiger partial charge in [0, 0.05) is 6.54 Å². The highest BCUT2D eigenvalue weighted by atomic mass is 16.6. The van der Waals surface area contributed by atoms with E-state index in [4.69, 9.17) is 9.47 Å². The lowest BCUT2D eigenvalue weighted by Crippen LogP contribution is -2.58. The number of para-hydroxylation sites is 1. The molecule has 1 spiro atoms. The van der Waals surface area contributed by atoms with Gasteiger partial charge in [-0.2, -0.15) is 0 Å². The number of aliphatic hydroxyl groups excluding tert-OH is 1. The van der Waals surface area contributed by atoms with E-state index in [0.29, 0.717) is 18.4 Å². The van der Waals surface area contributed by atoms with E-state index in [1.54, 1.807) is 15.7 Å². The maximum atomic E-state index is 14.4. The Kier molecular flexibility index (Phi) is 6.50. The minimum absolute atomic E-state index is 0.117. The van der Waals surface area contributed by atoms with Crippen LogP contribution in [-0.2, 0) is 30.5 Å². The average molecular weight is 536 g/mol. The van der Waals surface area contributed by atoms with E-state index >= 15 is 0 Å². The second-order valence-corrected chi connectivity index (χ2v) is 11.1. The van der Waals surface area contributed by atoms with Crippen molar-refractivity contribution in [3.8, 4) is 0 Å². The Balaban J connectivity index is 1.43. The largest absolute Gasteiger partial charge is 0.465 e. The normalized spacial score (nSPS) is 31.1. The quantitative estimate of drug-likeness (QED) is 0.433. The third kappa shape index (κ3) is 4.06. The molecule has 0 saturated carbocycles. The number of ether oxygens (including phenoxy) is 2. The number of likely N-dealkylation sites (tertiary alicyclic amines) is 1. The van der Waals surface area contributed by atoms with E-state index in [0.717, 1.165) is 5.52 Å². The van der Waals surface area contributed by atoms with Crippen LogP contribution in [-0.4, -0.2) is 91.2 Å². The number of carbonyl (C=O) groups excluding carboxylic acids is 3. The molecule has 206 valence electrons. The standard InChI is InChI=1S/C28H33N5O6/c1-17(2)14-18(15-34)33-24-26(36)31(16-32-20-9-4-3-8-19(20)29-30-32)12-7-11-28(24)23(25(33)35)22-21(39-28)10-5-6-13-38-27(22)37/h3-5,7-11,17-18,21-24,34H,6,12-16H2,1-2H3/t18-,21-,22+,23+,24?,28+/m1/s1. The van der Waals surface area contributed by atoms with Crippen molar-refractivity contribution in [2.45, 2.75) is 57.1 Å². The summed E-state index contributed by atoms with van der Waals surface area (Å²) in [5, 5.41) is 18.9. The molecular formula is C28H33N5O6. The molecule has 11 heteroatoms. The fourth-order valence-corrected chi connectivity index (χ4v) is 6.62. The lowest BCUT2D eigenvalue weighted by molar-refractivity contribution is -0.157. The van der Waals surface area contributed by atoms with Gasteiger partial charge in [0.1, 0.15) is 29.7 Å². The number of carbonyl (C=O) groups is 3. The van der Waals surface area contributed by atoms with E-state index in [1.165, 1.54) is 4.90 Å². The third-order valence-corrected chi connectivity index (χ3v) is 8.21. The lowest BCUT2D eigenvalue weighted by atomic mass is 9.77. The Hall–Kier alpha value is -3.57. The summed E-state index contributed by atoms with van der Waals surface area (Å²) in [5.74, 6) is -2.88. The zero-order valence-electron chi connectivity index (χ0n) is 22.1. The van der Waals surface area contributed by atoms with Crippen LogP contribution in [0, 0.1) is 17.8 Å². The van der Waals surface area contributed by atoms with Gasteiger partial charge in [0.25, 0.3) is 5.91 Å². The predicted octanol–water partition coefficient (Wildman–Crippen LogP) is 1.28. The molecule has 2 amide bonds. The van der Waals surface area contributed by atoms with E-state index in [2.05, 4.69) is 10.3 Å². The first-order chi connectivity index (χ1) is 18.9. The highest BCUT2D eigenvalue weighted by Crippen LogP contribution is 2.54. The van der Waals surface area contributed by atoms with Gasteiger partial charge in [-0.1, -0.05) is 55.5 Å². The molecule has 1 unspecified atom stereocenters. The summed E-state index contributed by atoms with van der Waals surface area (Å²) < 4.78 is 13.7. The summed E-state index contributed by atoms with van der Waals surface area (Å²) >= 11 is 0. The number of hydrogen-bond acceptors (Lipinski definition) is 8. The fourth-order valence-electron chi connectivity index (χ4n) is 6.62. The lowest BCUT2D eigenvalue weighted by Gasteiger charge is -2.39. The molecule has 6 atom stereocenters. The van der Waals surface area contributed by atoms with Crippen molar-refractivity contribution in [1.29, 1.82) is 0 Å². The number of aliphatic hydroxyl groups is 1. The van der Waals surface area contributed by atoms with Crippen molar-refractivity contribution < 1.29 is 29.0 Å². The third-order valence-electron chi connectivity index (χ3n) is 8.21. The van der Waals surface area contributed by atoms with E-state index in [1.807, 2.05) is 56.3 Å². The molecule has 5 heterocycles. The molecule has 1 N–H and O–H groups in total. The first-order valence-electron chi connectivity index (χ1n) is 13.5. The van der Waals surface area contributed by atoms with Gasteiger partial charge in [0.15, 0.2) is 0 Å². The van der Waals surface area contributed by atoms with Gasteiger partial charge in [-0.25, -0.2) is 4.68 Å². The molecule has 1 aromatic carbocycles. The molecule has 0 aliphatic carbocycles. The van der Waals surface area contributed by atoms with Crippen LogP contribution in [0.4, 0.5) is 0 Å². The van der Waals surface area contributed by atoms with Crippen LogP contribution in [0.5, 0.6) is 0 Å². The molecule has 2 aromatic rings. The highest BCUT2D eigenvalue weighted by Gasteiger charge is 2.72. The fraction of sp³-hybridized carbons (Fsp3) is 0.536. The summed E-state index contributed by atoms with van der Waals surface area (Å²) in [7, 11) is 0. The van der Waals surface area contributed by atoms with Crippen molar-refractivity contribution in [2.24, 2.45) is 17.8 Å². The predicted molar refractivity (Wildman–Crippen MR) is 139 cm³/mol. The molecule has 4 aliphatic rings. The summed E-state index contributed by atoms with van der Waals surface area (Å²) in [4.78, 5) is 45.0. The van der Waals surface area contributed by atoms with Crippen LogP contribution in [0.2, 0.25) is 0 Å². The maximum absolute atomic E-state index is 14.4. The van der Waals surface area contributed by atoms with Crippen molar-refractivity contribution in [2.75, 3.05) is 19.8 Å². The molecule has 6 rings (SSSR count). The van der Waals surface area contributed by atoms with Crippen molar-refractivity contribution in [3.05, 3.63) is 48.6 Å². The Bertz CT molecular complexity index is 1350. The number of amides is 2. The first-order valence-corrected chi connectivity index (χ1v) is 13.5. The Morgan fingerprint density at radius 3 is 2.77 bits per heavy atom. The van der Waals surface area contributed by atoms with Crippen LogP contribution in [0.25, 0.3) is 11.0 Å². The van der Waals surface area contributed by atoms with Gasteiger partial charge < -0.3 is 24.4 Å². The van der Waals surface area contributed by atoms with Crippen molar-refractivity contribution >= 4 is 28.8 Å². The molecule has 39 heavy (non-hydrogen) atoms. The molecular weight excluding hydrogens is 502 g/mol. The SMILES string of the molecule is CC(C)C[C@H](CO)N1C(=O)[C@@H]2[C@H]3C(=O)OCCC=C[C@H]3O[C@@]23C=CCN(Cn2nnc4ccccc42)C(=O)C13. The van der Waals surface area contributed by atoms with Gasteiger partial charge in [0.2, 0.25) is 5.91 Å². The van der Waals surface area contributed by atoms with Crippen LogP contribution in [0.1, 0.15) is 26.7 Å². The van der Waals surface area contributed by atoms with Crippen molar-refractivity contribution in [3.63, 3.8) is 0 Å². The number of benzene rings is 1. The number of hydrogen-bond donors (Lipinski definition) is 1. The number of nitrogens with zero attached hydrogens (tertiary/aromatic N) is 5. The average Bonchev–Trinajstić information content (AvgIpc) is 3.50. The second-order valence-electron chi connectivity index (χ2n) is 11.1. The molecule has 0 bridgehead atoms. The number of esters is 1. The number of rotatable bonds is 6. The van der Waals surface area contributed by atoms with Gasteiger partial charge in [-0.05, 0) is 30.9 Å². The Labute approximate surface area is 226 Å². The highest BCUT2D eigenvalue weighted by molar-refractivity contribution is 5.99. The Morgan fingerprint density at radius 1 is 1.15 bits per heavy atom. The monoisotopic (exact) mass is 535 g/mol. The van der Waals surface area contributed by atoms with Crippen LogP contribution in [0.3, 0.4) is 0 Å². The maximum Gasteiger partial charge on any atom is 0.312 e. The number of cyclic esters (lactones) is 1. The van der Waals surface area contributed by atoms with Crippen LogP contribution < -0.4 is 0 Å². The van der Waals surface area contributed by atoms with Crippen LogP contribution in [0.15, 0.2) is 48.6 Å². The summed E-state index contributed by atoms with van der Waals surface area (Å²) in [6.07, 6.45) is 7.65. The zero-order valence-corrected chi connectivity index (χ0v) is 22.1. The first kappa shape index (κ1) is 25.7. The Morgan fingerprint density at radius 2 is 1.97 bits per heavy atom. The minimum Gasteiger partial charge on any atom is -0.465 e. The molecule has 11 nitrogen and oxygen atoms in total. The topological polar surface area (TPSA) is 127 Å². The number of fused-ring (bicyclic) bond motifs is 3. The van der Waals surface area contributed by atoms with Crippen molar-refractivity contribution in [1.82, 2.24) is 24.8 Å². The second kappa shape index (κ2) is 9.87. The molecule has 2 saturated heterocycles. The summed E-state index contributed by atoms with van der Waals surface area (Å²) in [6.45, 7) is 4.28. The summed E-state index contributed by atoms with van der Waals surface area (Å²) in [6, 6.07) is 5.81. The van der Waals surface area contributed by atoms with E-state index in [9.17, 15) is 19.5 Å². The van der Waals surface area contributed by atoms with E-state index in [-0.39, 0.29) is 44.2 Å². The smallest absolute Gasteiger partial charge is 0.312 e. The summed E-state index contributed by atoms with van der Waals surface area (Å²) in [5.41, 5.74) is 0.116. The van der Waals surface area contributed by atoms with Gasteiger partial charge in [0.05, 0.1) is 36.8 Å². The van der Waals surface area contributed by atoms with Gasteiger partial charge in [-0.15, -0.1) is 5.10 Å². The minimum atomic E-state index is -1.37. The zero-order chi connectivity index (χ0) is 27.3. The number of aromatic nitrogens is 3. The molecule has 1 aromatic heterocycles. The van der Waals surface area contributed by atoms with E-state index < -0.39 is 41.6 Å². The molecule has 2 fully saturated rings. The van der Waals surface area contributed by atoms with Gasteiger partial charge >= 0.3 is 5.97 Å². The van der Waals surface area contributed by atoms with Gasteiger partial charge in [-0.3, -0.25) is 14.4 Å². The molecule has 4 aliphatic heterocycles. The van der Waals surface area contributed by atoms with Crippen LogP contribution >= 0.6 is 0 Å². The molecule has 0 radical (unpaired) electrons.